The van der Waals surface area contributed by atoms with E-state index in [2.05, 4.69) is 0 Å². The molecule has 4 nitrogen and oxygen atoms in total. The predicted molar refractivity (Wildman–Crippen MR) is 118 cm³/mol. The van der Waals surface area contributed by atoms with Crippen LogP contribution in [0.25, 0.3) is 0 Å². The summed E-state index contributed by atoms with van der Waals surface area (Å²) >= 11 is 8.15. The van der Waals surface area contributed by atoms with Crippen molar-refractivity contribution in [3.05, 3.63) is 38.5 Å². The van der Waals surface area contributed by atoms with E-state index in [0.29, 0.717) is 11.4 Å². The zero-order valence-corrected chi connectivity index (χ0v) is 19.6. The van der Waals surface area contributed by atoms with Crippen LogP contribution < -0.4 is 11.5 Å². The van der Waals surface area contributed by atoms with Crippen molar-refractivity contribution >= 4 is 112 Å². The molecule has 2 aromatic carbocycles. The molecule has 0 fully saturated rings. The van der Waals surface area contributed by atoms with E-state index in [-0.39, 0.29) is 9.79 Å². The van der Waals surface area contributed by atoms with Crippen molar-refractivity contribution in [2.75, 3.05) is 11.5 Å². The molecule has 0 amide bonds. The van der Waals surface area contributed by atoms with Gasteiger partial charge in [0.05, 0.1) is 21.2 Å². The summed E-state index contributed by atoms with van der Waals surface area (Å²) in [5.74, 6) is 0. The standard InChI is InChI=1S/C12H8I4N2O2S/c13-7-1-5(2-8(14)11(7)17)21(19,20)6-3-9(15)12(18)10(16)4-6/h1-4H,17-18H2. The van der Waals surface area contributed by atoms with Gasteiger partial charge >= 0.3 is 0 Å². The van der Waals surface area contributed by atoms with Crippen LogP contribution in [0.2, 0.25) is 0 Å². The van der Waals surface area contributed by atoms with E-state index >= 15 is 0 Å². The van der Waals surface area contributed by atoms with E-state index in [9.17, 15) is 8.42 Å². The SMILES string of the molecule is Nc1c(I)cc(S(=O)(=O)c2cc(I)c(N)c(I)c2)cc1I. The number of nitrogen functional groups attached to an aromatic ring is 2. The average molecular weight is 752 g/mol. The molecule has 2 rings (SSSR count). The van der Waals surface area contributed by atoms with Gasteiger partial charge in [0.25, 0.3) is 0 Å². The van der Waals surface area contributed by atoms with Crippen molar-refractivity contribution in [3.63, 3.8) is 0 Å². The van der Waals surface area contributed by atoms with Crippen LogP contribution in [0.1, 0.15) is 0 Å². The molecule has 2 aromatic rings. The summed E-state index contributed by atoms with van der Waals surface area (Å²) in [7, 11) is -3.59. The fraction of sp³-hybridized carbons (Fsp3) is 0. The van der Waals surface area contributed by atoms with E-state index < -0.39 is 9.84 Å². The van der Waals surface area contributed by atoms with Crippen LogP contribution >= 0.6 is 90.4 Å². The summed E-state index contributed by atoms with van der Waals surface area (Å²) in [6.45, 7) is 0. The summed E-state index contributed by atoms with van der Waals surface area (Å²) in [5.41, 5.74) is 12.9. The zero-order chi connectivity index (χ0) is 15.9. The Kier molecular flexibility index (Phi) is 5.91. The first-order valence-electron chi connectivity index (χ1n) is 5.38. The van der Waals surface area contributed by atoms with Crippen molar-refractivity contribution in [1.82, 2.24) is 0 Å². The van der Waals surface area contributed by atoms with Crippen LogP contribution in [-0.4, -0.2) is 8.42 Å². The van der Waals surface area contributed by atoms with Crippen LogP contribution in [0.15, 0.2) is 34.1 Å². The molecule has 9 heteroatoms. The highest BCUT2D eigenvalue weighted by Crippen LogP contribution is 2.32. The number of nitrogens with two attached hydrogens (primary N) is 2. The van der Waals surface area contributed by atoms with Crippen molar-refractivity contribution in [2.24, 2.45) is 0 Å². The van der Waals surface area contributed by atoms with Gasteiger partial charge in [-0.1, -0.05) is 0 Å². The van der Waals surface area contributed by atoms with Crippen molar-refractivity contribution < 1.29 is 8.42 Å². The number of hydrogen-bond donors (Lipinski definition) is 2. The first-order chi connectivity index (χ1) is 9.64. The molecule has 112 valence electrons. The quantitative estimate of drug-likeness (QED) is 0.358. The van der Waals surface area contributed by atoms with Gasteiger partial charge in [-0.3, -0.25) is 0 Å². The molecule has 0 aliphatic carbocycles. The Morgan fingerprint density at radius 3 is 1.14 bits per heavy atom. The Morgan fingerprint density at radius 2 is 0.905 bits per heavy atom. The van der Waals surface area contributed by atoms with Crippen LogP contribution in [0, 0.1) is 14.3 Å². The lowest BCUT2D eigenvalue weighted by atomic mass is 10.3. The number of sulfone groups is 1. The maximum atomic E-state index is 12.8. The van der Waals surface area contributed by atoms with Gasteiger partial charge in [-0.15, -0.1) is 0 Å². The Bertz CT molecular complexity index is 728. The summed E-state index contributed by atoms with van der Waals surface area (Å²) in [5, 5.41) is 0. The van der Waals surface area contributed by atoms with E-state index in [0.717, 1.165) is 14.3 Å². The van der Waals surface area contributed by atoms with Crippen LogP contribution in [0.4, 0.5) is 11.4 Å². The van der Waals surface area contributed by atoms with Crippen LogP contribution in [0.5, 0.6) is 0 Å². The summed E-state index contributed by atoms with van der Waals surface area (Å²) in [6.07, 6.45) is 0. The Labute approximate surface area is 177 Å². The smallest absolute Gasteiger partial charge is 0.206 e. The fourth-order valence-corrected chi connectivity index (χ4v) is 7.31. The summed E-state index contributed by atoms with van der Waals surface area (Å²) in [4.78, 5) is 0.476. The van der Waals surface area contributed by atoms with Crippen LogP contribution in [0.3, 0.4) is 0 Å². The number of anilines is 2. The number of benzene rings is 2. The third kappa shape index (κ3) is 3.71. The largest absolute Gasteiger partial charge is 0.397 e. The van der Waals surface area contributed by atoms with Gasteiger partial charge in [-0.25, -0.2) is 8.42 Å². The second kappa shape index (κ2) is 6.80. The van der Waals surface area contributed by atoms with Crippen molar-refractivity contribution in [3.8, 4) is 0 Å². The molecule has 0 spiro atoms. The normalized spacial score (nSPS) is 11.6. The van der Waals surface area contributed by atoms with Crippen molar-refractivity contribution in [2.45, 2.75) is 9.79 Å². The highest BCUT2D eigenvalue weighted by atomic mass is 127. The van der Waals surface area contributed by atoms with E-state index in [4.69, 9.17) is 11.5 Å². The topological polar surface area (TPSA) is 86.2 Å². The summed E-state index contributed by atoms with van der Waals surface area (Å²) in [6, 6.07) is 6.35. The second-order valence-electron chi connectivity index (χ2n) is 4.10. The third-order valence-electron chi connectivity index (χ3n) is 2.73. The molecule has 0 aliphatic heterocycles. The molecule has 0 unspecified atom stereocenters. The predicted octanol–water partition coefficient (Wildman–Crippen LogP) is 4.10. The van der Waals surface area contributed by atoms with Gasteiger partial charge in [0.15, 0.2) is 0 Å². The first kappa shape index (κ1) is 18.3. The molecule has 0 saturated carbocycles. The highest BCUT2D eigenvalue weighted by Gasteiger charge is 2.22. The molecule has 0 bridgehead atoms. The molecule has 0 radical (unpaired) electrons. The third-order valence-corrected chi connectivity index (χ3v) is 8.01. The molecule has 0 atom stereocenters. The lowest BCUT2D eigenvalue weighted by molar-refractivity contribution is 0.596. The van der Waals surface area contributed by atoms with Gasteiger partial charge in [-0.05, 0) is 115 Å². The van der Waals surface area contributed by atoms with E-state index in [1.807, 2.05) is 90.4 Å². The number of rotatable bonds is 2. The number of hydrogen-bond acceptors (Lipinski definition) is 4. The van der Waals surface area contributed by atoms with Gasteiger partial charge < -0.3 is 11.5 Å². The maximum Gasteiger partial charge on any atom is 0.206 e. The minimum Gasteiger partial charge on any atom is -0.397 e. The van der Waals surface area contributed by atoms with Crippen molar-refractivity contribution in [1.29, 1.82) is 0 Å². The van der Waals surface area contributed by atoms with Gasteiger partial charge in [0.1, 0.15) is 0 Å². The molecule has 0 heterocycles. The zero-order valence-electron chi connectivity index (χ0n) is 10.2. The molecule has 0 aromatic heterocycles. The highest BCUT2D eigenvalue weighted by molar-refractivity contribution is 14.1. The van der Waals surface area contributed by atoms with E-state index in [1.54, 1.807) is 24.3 Å². The molecule has 0 saturated heterocycles. The van der Waals surface area contributed by atoms with Gasteiger partial charge in [0, 0.05) is 14.3 Å². The monoisotopic (exact) mass is 752 g/mol. The Hall–Kier alpha value is 0.910. The molecule has 0 aliphatic rings. The minimum absolute atomic E-state index is 0.238. The van der Waals surface area contributed by atoms with Crippen LogP contribution in [-0.2, 0) is 9.84 Å². The molecule has 21 heavy (non-hydrogen) atoms. The minimum atomic E-state index is -3.59. The second-order valence-corrected chi connectivity index (χ2v) is 10.7. The maximum absolute atomic E-state index is 12.8. The molecular formula is C12H8I4N2O2S. The first-order valence-corrected chi connectivity index (χ1v) is 11.2. The number of halogens is 4. The lowest BCUT2D eigenvalue weighted by Crippen LogP contribution is -2.06. The van der Waals surface area contributed by atoms with Gasteiger partial charge in [-0.2, -0.15) is 0 Å². The lowest BCUT2D eigenvalue weighted by Gasteiger charge is -2.10. The van der Waals surface area contributed by atoms with E-state index in [1.165, 1.54) is 0 Å². The Morgan fingerprint density at radius 1 is 0.667 bits per heavy atom. The fourth-order valence-electron chi connectivity index (χ4n) is 1.57. The average Bonchev–Trinajstić information content (AvgIpc) is 2.40. The summed E-state index contributed by atoms with van der Waals surface area (Å²) < 4.78 is 28.4. The molecule has 4 N–H and O–H groups in total. The Balaban J connectivity index is 2.68. The van der Waals surface area contributed by atoms with Gasteiger partial charge in [0.2, 0.25) is 9.84 Å². The molecular weight excluding hydrogens is 744 g/mol.